The van der Waals surface area contributed by atoms with Crippen LogP contribution in [0, 0.1) is 5.92 Å². The van der Waals surface area contributed by atoms with Gasteiger partial charge in [0.25, 0.3) is 0 Å². The van der Waals surface area contributed by atoms with Crippen molar-refractivity contribution in [1.82, 2.24) is 10.2 Å². The predicted molar refractivity (Wildman–Crippen MR) is 119 cm³/mol. The van der Waals surface area contributed by atoms with Gasteiger partial charge in [0.2, 0.25) is 11.8 Å². The molecule has 1 aliphatic heterocycles. The molecule has 6 nitrogen and oxygen atoms in total. The molecular formula is C24H31N3O3. The van der Waals surface area contributed by atoms with Gasteiger partial charge in [0.1, 0.15) is 5.75 Å². The van der Waals surface area contributed by atoms with Gasteiger partial charge in [0.05, 0.1) is 19.1 Å². The number of rotatable bonds is 8. The van der Waals surface area contributed by atoms with Gasteiger partial charge in [0, 0.05) is 18.8 Å². The Kier molecular flexibility index (Phi) is 7.85. The molecule has 0 aromatic heterocycles. The number of hydrogen-bond donors (Lipinski definition) is 2. The van der Waals surface area contributed by atoms with Crippen molar-refractivity contribution in [2.24, 2.45) is 5.92 Å². The zero-order valence-electron chi connectivity index (χ0n) is 17.8. The highest BCUT2D eigenvalue weighted by Crippen LogP contribution is 2.20. The van der Waals surface area contributed by atoms with Gasteiger partial charge in [0.15, 0.2) is 0 Å². The van der Waals surface area contributed by atoms with E-state index in [-0.39, 0.29) is 23.8 Å². The third kappa shape index (κ3) is 6.07. The van der Waals surface area contributed by atoms with E-state index in [1.165, 1.54) is 0 Å². The number of carbonyl (C=O) groups is 2. The predicted octanol–water partition coefficient (Wildman–Crippen LogP) is 3.09. The maximum absolute atomic E-state index is 12.6. The van der Waals surface area contributed by atoms with Crippen molar-refractivity contribution in [3.63, 3.8) is 0 Å². The molecule has 6 heteroatoms. The SMILES string of the molecule is COc1ccc(CCNC(=O)[C@@H](C)N2CCC[C@H](C(=O)Nc3ccccc3)C2)cc1. The van der Waals surface area contributed by atoms with Crippen molar-refractivity contribution in [3.05, 3.63) is 60.2 Å². The molecule has 0 radical (unpaired) electrons. The molecule has 2 amide bonds. The molecule has 0 saturated carbocycles. The number of hydrogen-bond acceptors (Lipinski definition) is 4. The van der Waals surface area contributed by atoms with Crippen LogP contribution in [0.2, 0.25) is 0 Å². The molecule has 160 valence electrons. The maximum Gasteiger partial charge on any atom is 0.237 e. The molecule has 2 aromatic carbocycles. The number of carbonyl (C=O) groups excluding carboxylic acids is 2. The lowest BCUT2D eigenvalue weighted by Crippen LogP contribution is -2.51. The van der Waals surface area contributed by atoms with Gasteiger partial charge in [-0.15, -0.1) is 0 Å². The zero-order chi connectivity index (χ0) is 21.3. The van der Waals surface area contributed by atoms with E-state index in [2.05, 4.69) is 15.5 Å². The summed E-state index contributed by atoms with van der Waals surface area (Å²) in [6, 6.07) is 17.1. The van der Waals surface area contributed by atoms with E-state index in [0.29, 0.717) is 13.1 Å². The molecule has 1 aliphatic rings. The number of piperidine rings is 1. The van der Waals surface area contributed by atoms with E-state index in [0.717, 1.165) is 42.8 Å². The molecule has 1 heterocycles. The number of para-hydroxylation sites is 1. The number of methoxy groups -OCH3 is 1. The van der Waals surface area contributed by atoms with Gasteiger partial charge >= 0.3 is 0 Å². The van der Waals surface area contributed by atoms with Crippen LogP contribution >= 0.6 is 0 Å². The molecule has 30 heavy (non-hydrogen) atoms. The summed E-state index contributed by atoms with van der Waals surface area (Å²) in [4.78, 5) is 27.4. The lowest BCUT2D eigenvalue weighted by atomic mass is 9.95. The van der Waals surface area contributed by atoms with Gasteiger partial charge in [-0.3, -0.25) is 14.5 Å². The molecule has 3 rings (SSSR count). The summed E-state index contributed by atoms with van der Waals surface area (Å²) in [7, 11) is 1.65. The van der Waals surface area contributed by atoms with Crippen molar-refractivity contribution >= 4 is 17.5 Å². The third-order valence-electron chi connectivity index (χ3n) is 5.66. The van der Waals surface area contributed by atoms with Crippen LogP contribution in [0.25, 0.3) is 0 Å². The average Bonchev–Trinajstić information content (AvgIpc) is 2.79. The number of likely N-dealkylation sites (tertiary alicyclic amines) is 1. The Morgan fingerprint density at radius 3 is 2.57 bits per heavy atom. The minimum atomic E-state index is -0.256. The number of amides is 2. The summed E-state index contributed by atoms with van der Waals surface area (Å²) < 4.78 is 5.17. The fraction of sp³-hybridized carbons (Fsp3) is 0.417. The van der Waals surface area contributed by atoms with Crippen LogP contribution in [-0.2, 0) is 16.0 Å². The topological polar surface area (TPSA) is 70.7 Å². The van der Waals surface area contributed by atoms with Crippen molar-refractivity contribution < 1.29 is 14.3 Å². The van der Waals surface area contributed by atoms with Crippen LogP contribution in [0.3, 0.4) is 0 Å². The summed E-state index contributed by atoms with van der Waals surface area (Å²) >= 11 is 0. The van der Waals surface area contributed by atoms with E-state index in [9.17, 15) is 9.59 Å². The van der Waals surface area contributed by atoms with Crippen molar-refractivity contribution in [2.45, 2.75) is 32.2 Å². The largest absolute Gasteiger partial charge is 0.497 e. The molecule has 1 saturated heterocycles. The fourth-order valence-corrected chi connectivity index (χ4v) is 3.77. The molecule has 1 fully saturated rings. The maximum atomic E-state index is 12.6. The van der Waals surface area contributed by atoms with Crippen LogP contribution in [0.1, 0.15) is 25.3 Å². The average molecular weight is 410 g/mol. The van der Waals surface area contributed by atoms with E-state index in [1.54, 1.807) is 7.11 Å². The van der Waals surface area contributed by atoms with Gasteiger partial charge in [-0.05, 0) is 62.6 Å². The first-order valence-corrected chi connectivity index (χ1v) is 10.6. The van der Waals surface area contributed by atoms with Gasteiger partial charge < -0.3 is 15.4 Å². The van der Waals surface area contributed by atoms with E-state index in [4.69, 9.17) is 4.74 Å². The lowest BCUT2D eigenvalue weighted by molar-refractivity contribution is -0.129. The summed E-state index contributed by atoms with van der Waals surface area (Å²) in [5.74, 6) is 0.756. The number of nitrogens with zero attached hydrogens (tertiary/aromatic N) is 1. The van der Waals surface area contributed by atoms with Crippen LogP contribution in [0.4, 0.5) is 5.69 Å². The fourth-order valence-electron chi connectivity index (χ4n) is 3.77. The van der Waals surface area contributed by atoms with Crippen LogP contribution < -0.4 is 15.4 Å². The number of anilines is 1. The molecule has 0 spiro atoms. The molecule has 0 unspecified atom stereocenters. The standard InChI is InChI=1S/C24H31N3O3/c1-18(23(28)25-15-14-19-10-12-22(30-2)13-11-19)27-16-6-7-20(17-27)24(29)26-21-8-4-3-5-9-21/h3-5,8-13,18,20H,6-7,14-17H2,1-2H3,(H,25,28)(H,26,29)/t18-,20+/m1/s1. The normalized spacial score (nSPS) is 17.7. The highest BCUT2D eigenvalue weighted by molar-refractivity contribution is 5.92. The van der Waals surface area contributed by atoms with Crippen molar-refractivity contribution in [2.75, 3.05) is 32.1 Å². The first-order chi connectivity index (χ1) is 14.6. The summed E-state index contributed by atoms with van der Waals surface area (Å²) in [5.41, 5.74) is 1.96. The Labute approximate surface area is 178 Å². The molecule has 2 atom stereocenters. The minimum Gasteiger partial charge on any atom is -0.497 e. The third-order valence-corrected chi connectivity index (χ3v) is 5.66. The smallest absolute Gasteiger partial charge is 0.237 e. The lowest BCUT2D eigenvalue weighted by Gasteiger charge is -2.35. The summed E-state index contributed by atoms with van der Waals surface area (Å²) in [6.45, 7) is 3.94. The quantitative estimate of drug-likeness (QED) is 0.703. The van der Waals surface area contributed by atoms with E-state index < -0.39 is 0 Å². The van der Waals surface area contributed by atoms with Crippen molar-refractivity contribution in [3.8, 4) is 5.75 Å². The summed E-state index contributed by atoms with van der Waals surface area (Å²) in [6.07, 6.45) is 2.53. The number of ether oxygens (including phenoxy) is 1. The highest BCUT2D eigenvalue weighted by atomic mass is 16.5. The van der Waals surface area contributed by atoms with Crippen LogP contribution in [0.15, 0.2) is 54.6 Å². The van der Waals surface area contributed by atoms with E-state index in [1.807, 2.05) is 61.5 Å². The summed E-state index contributed by atoms with van der Waals surface area (Å²) in [5, 5.41) is 6.01. The zero-order valence-corrected chi connectivity index (χ0v) is 17.8. The second-order valence-electron chi connectivity index (χ2n) is 7.75. The Morgan fingerprint density at radius 2 is 1.87 bits per heavy atom. The molecule has 2 N–H and O–H groups in total. The monoisotopic (exact) mass is 409 g/mol. The number of nitrogens with one attached hydrogen (secondary N) is 2. The Morgan fingerprint density at radius 1 is 1.13 bits per heavy atom. The second-order valence-corrected chi connectivity index (χ2v) is 7.75. The Bertz CT molecular complexity index is 823. The molecule has 0 bridgehead atoms. The molecule has 2 aromatic rings. The first kappa shape index (κ1) is 21.8. The van der Waals surface area contributed by atoms with Gasteiger partial charge in [-0.1, -0.05) is 30.3 Å². The number of benzene rings is 2. The van der Waals surface area contributed by atoms with Crippen LogP contribution in [-0.4, -0.2) is 49.5 Å². The van der Waals surface area contributed by atoms with Gasteiger partial charge in [-0.25, -0.2) is 0 Å². The highest BCUT2D eigenvalue weighted by Gasteiger charge is 2.30. The Balaban J connectivity index is 1.45. The molecular weight excluding hydrogens is 378 g/mol. The Hall–Kier alpha value is -2.86. The molecule has 0 aliphatic carbocycles. The second kappa shape index (κ2) is 10.8. The van der Waals surface area contributed by atoms with Gasteiger partial charge in [-0.2, -0.15) is 0 Å². The minimum absolute atomic E-state index is 0.00706. The first-order valence-electron chi connectivity index (χ1n) is 10.6. The van der Waals surface area contributed by atoms with Crippen molar-refractivity contribution in [1.29, 1.82) is 0 Å². The van der Waals surface area contributed by atoms with E-state index >= 15 is 0 Å². The van der Waals surface area contributed by atoms with Crippen LogP contribution in [0.5, 0.6) is 5.75 Å².